The number of benzene rings is 1. The zero-order chi connectivity index (χ0) is 21.2. The van der Waals surface area contributed by atoms with Gasteiger partial charge in [0.15, 0.2) is 0 Å². The molecule has 1 heterocycles. The summed E-state index contributed by atoms with van der Waals surface area (Å²) in [6.45, 7) is 8.45. The Hall–Kier alpha value is -2.76. The molecule has 0 aliphatic heterocycles. The molecule has 1 aromatic carbocycles. The normalized spacial score (nSPS) is 13.8. The molecule has 0 bridgehead atoms. The van der Waals surface area contributed by atoms with Gasteiger partial charge in [-0.1, -0.05) is 26.8 Å². The molecule has 0 saturated heterocycles. The van der Waals surface area contributed by atoms with E-state index in [2.05, 4.69) is 36.4 Å². The molecule has 0 spiro atoms. The number of rotatable bonds is 6. The summed E-state index contributed by atoms with van der Waals surface area (Å²) in [4.78, 5) is 28.8. The summed E-state index contributed by atoms with van der Waals surface area (Å²) in [6, 6.07) is 6.72. The smallest absolute Gasteiger partial charge is 0.251 e. The van der Waals surface area contributed by atoms with Gasteiger partial charge in [-0.05, 0) is 54.5 Å². The average Bonchev–Trinajstić information content (AvgIpc) is 3.46. The Morgan fingerprint density at radius 1 is 1.21 bits per heavy atom. The van der Waals surface area contributed by atoms with Crippen molar-refractivity contribution in [3.8, 4) is 11.3 Å². The molecule has 6 heteroatoms. The largest absolute Gasteiger partial charge is 0.355 e. The van der Waals surface area contributed by atoms with Crippen LogP contribution in [0.2, 0.25) is 0 Å². The van der Waals surface area contributed by atoms with Gasteiger partial charge in [-0.3, -0.25) is 14.6 Å². The fraction of sp³-hybridized carbons (Fsp3) is 0.435. The van der Waals surface area contributed by atoms with Gasteiger partial charge in [0, 0.05) is 29.9 Å². The molecule has 0 radical (unpaired) electrons. The Balaban J connectivity index is 1.74. The molecule has 1 aliphatic carbocycles. The molecular formula is C23H28FN3O2. The summed E-state index contributed by atoms with van der Waals surface area (Å²) < 4.78 is 14.4. The molecule has 1 aliphatic rings. The maximum atomic E-state index is 14.4. The van der Waals surface area contributed by atoms with Crippen LogP contribution >= 0.6 is 0 Å². The number of amides is 2. The number of aromatic nitrogens is 1. The van der Waals surface area contributed by atoms with Gasteiger partial charge in [-0.25, -0.2) is 4.39 Å². The second-order valence-electron chi connectivity index (χ2n) is 8.94. The first kappa shape index (κ1) is 21.0. The minimum atomic E-state index is -0.434. The van der Waals surface area contributed by atoms with E-state index in [-0.39, 0.29) is 29.7 Å². The predicted molar refractivity (Wildman–Crippen MR) is 111 cm³/mol. The summed E-state index contributed by atoms with van der Waals surface area (Å²) in [5.74, 6) is -0.758. The quantitative estimate of drug-likeness (QED) is 0.779. The van der Waals surface area contributed by atoms with E-state index in [1.54, 1.807) is 25.3 Å². The molecule has 154 valence electrons. The first-order valence-corrected chi connectivity index (χ1v) is 9.95. The summed E-state index contributed by atoms with van der Waals surface area (Å²) in [6.07, 6.45) is 3.80. The van der Waals surface area contributed by atoms with Crippen molar-refractivity contribution in [2.75, 3.05) is 6.54 Å². The number of halogens is 1. The van der Waals surface area contributed by atoms with Crippen LogP contribution in [0.15, 0.2) is 30.5 Å². The van der Waals surface area contributed by atoms with Crippen molar-refractivity contribution in [1.82, 2.24) is 15.6 Å². The molecule has 0 unspecified atom stereocenters. The van der Waals surface area contributed by atoms with Gasteiger partial charge >= 0.3 is 0 Å². The highest BCUT2D eigenvalue weighted by molar-refractivity contribution is 5.96. The molecular weight excluding hydrogens is 369 g/mol. The van der Waals surface area contributed by atoms with Gasteiger partial charge < -0.3 is 10.6 Å². The number of carbonyl (C=O) groups excluding carboxylic acids is 2. The van der Waals surface area contributed by atoms with E-state index in [0.717, 1.165) is 18.4 Å². The van der Waals surface area contributed by atoms with Crippen molar-refractivity contribution >= 4 is 11.8 Å². The van der Waals surface area contributed by atoms with Crippen molar-refractivity contribution in [2.24, 2.45) is 5.41 Å². The number of carbonyl (C=O) groups is 2. The molecule has 2 aromatic rings. The van der Waals surface area contributed by atoms with Crippen LogP contribution in [0.25, 0.3) is 11.3 Å². The first-order chi connectivity index (χ1) is 13.6. The number of nitrogens with one attached hydrogen (secondary N) is 2. The van der Waals surface area contributed by atoms with E-state index in [4.69, 9.17) is 0 Å². The van der Waals surface area contributed by atoms with Crippen LogP contribution in [0, 0.1) is 18.2 Å². The molecule has 29 heavy (non-hydrogen) atoms. The van der Waals surface area contributed by atoms with Crippen molar-refractivity contribution in [2.45, 2.75) is 53.0 Å². The lowest BCUT2D eigenvalue weighted by atomic mass is 9.97. The van der Waals surface area contributed by atoms with Crippen LogP contribution in [0.5, 0.6) is 0 Å². The van der Waals surface area contributed by atoms with E-state index >= 15 is 0 Å². The lowest BCUT2D eigenvalue weighted by Gasteiger charge is -2.18. The molecule has 3 rings (SSSR count). The third-order valence-electron chi connectivity index (χ3n) is 4.80. The van der Waals surface area contributed by atoms with Crippen molar-refractivity contribution in [3.05, 3.63) is 53.0 Å². The van der Waals surface area contributed by atoms with E-state index in [1.807, 2.05) is 6.07 Å². The molecule has 2 N–H and O–H groups in total. The Morgan fingerprint density at radius 3 is 2.52 bits per heavy atom. The Kier molecular flexibility index (Phi) is 6.01. The van der Waals surface area contributed by atoms with Crippen LogP contribution in [0.3, 0.4) is 0 Å². The average molecular weight is 397 g/mol. The highest BCUT2D eigenvalue weighted by Gasteiger charge is 2.24. The monoisotopic (exact) mass is 397 g/mol. The third kappa shape index (κ3) is 5.86. The summed E-state index contributed by atoms with van der Waals surface area (Å²) >= 11 is 0. The SMILES string of the molecule is Cc1c(F)cc(C(=O)NC2CC2)cc1-c1ccc(CC(=O)NCC(C)(C)C)cn1. The van der Waals surface area contributed by atoms with E-state index < -0.39 is 5.82 Å². The fourth-order valence-electron chi connectivity index (χ4n) is 2.87. The minimum absolute atomic E-state index is 0.0240. The number of nitrogens with zero attached hydrogens (tertiary/aromatic N) is 1. The molecule has 0 atom stereocenters. The molecule has 2 amide bonds. The molecule has 1 saturated carbocycles. The van der Waals surface area contributed by atoms with E-state index in [9.17, 15) is 14.0 Å². The fourth-order valence-corrected chi connectivity index (χ4v) is 2.87. The Bertz CT molecular complexity index is 913. The number of pyridine rings is 1. The highest BCUT2D eigenvalue weighted by atomic mass is 19.1. The molecule has 1 aromatic heterocycles. The van der Waals surface area contributed by atoms with Gasteiger partial charge in [-0.2, -0.15) is 0 Å². The number of hydrogen-bond acceptors (Lipinski definition) is 3. The Morgan fingerprint density at radius 2 is 1.93 bits per heavy atom. The van der Waals surface area contributed by atoms with Crippen LogP contribution in [-0.2, 0) is 11.2 Å². The van der Waals surface area contributed by atoms with Gasteiger partial charge in [-0.15, -0.1) is 0 Å². The molecule has 1 fully saturated rings. The van der Waals surface area contributed by atoms with Crippen LogP contribution < -0.4 is 10.6 Å². The van der Waals surface area contributed by atoms with Crippen LogP contribution in [0.1, 0.15) is 55.1 Å². The zero-order valence-electron chi connectivity index (χ0n) is 17.4. The number of hydrogen-bond donors (Lipinski definition) is 2. The topological polar surface area (TPSA) is 71.1 Å². The van der Waals surface area contributed by atoms with Crippen molar-refractivity contribution < 1.29 is 14.0 Å². The van der Waals surface area contributed by atoms with Crippen LogP contribution in [-0.4, -0.2) is 29.4 Å². The predicted octanol–water partition coefficient (Wildman–Crippen LogP) is 3.79. The maximum absolute atomic E-state index is 14.4. The summed E-state index contributed by atoms with van der Waals surface area (Å²) in [5.41, 5.74) is 2.69. The Labute approximate surface area is 171 Å². The third-order valence-corrected chi connectivity index (χ3v) is 4.80. The van der Waals surface area contributed by atoms with E-state index in [0.29, 0.717) is 28.9 Å². The van der Waals surface area contributed by atoms with Gasteiger partial charge in [0.1, 0.15) is 5.82 Å². The summed E-state index contributed by atoms with van der Waals surface area (Å²) in [5, 5.41) is 5.79. The second kappa shape index (κ2) is 8.31. The first-order valence-electron chi connectivity index (χ1n) is 9.95. The van der Waals surface area contributed by atoms with Crippen molar-refractivity contribution in [1.29, 1.82) is 0 Å². The minimum Gasteiger partial charge on any atom is -0.355 e. The van der Waals surface area contributed by atoms with Crippen molar-refractivity contribution in [3.63, 3.8) is 0 Å². The highest BCUT2D eigenvalue weighted by Crippen LogP contribution is 2.27. The zero-order valence-corrected chi connectivity index (χ0v) is 17.4. The van der Waals surface area contributed by atoms with Gasteiger partial charge in [0.2, 0.25) is 5.91 Å². The van der Waals surface area contributed by atoms with Crippen LogP contribution in [0.4, 0.5) is 4.39 Å². The lowest BCUT2D eigenvalue weighted by Crippen LogP contribution is -2.33. The summed E-state index contributed by atoms with van der Waals surface area (Å²) in [7, 11) is 0. The standard InChI is InChI=1S/C23H28FN3O2/c1-14-18(10-16(11-19(14)24)22(29)27-17-6-7-17)20-8-5-15(12-25-20)9-21(28)26-13-23(2,3)4/h5,8,10-12,17H,6-7,9,13H2,1-4H3,(H,26,28)(H,27,29). The second-order valence-corrected chi connectivity index (χ2v) is 8.94. The van der Waals surface area contributed by atoms with Gasteiger partial charge in [0.05, 0.1) is 12.1 Å². The molecule has 5 nitrogen and oxygen atoms in total. The van der Waals surface area contributed by atoms with E-state index in [1.165, 1.54) is 6.07 Å². The maximum Gasteiger partial charge on any atom is 0.251 e. The van der Waals surface area contributed by atoms with Gasteiger partial charge in [0.25, 0.3) is 5.91 Å². The lowest BCUT2D eigenvalue weighted by molar-refractivity contribution is -0.120.